The minimum Gasteiger partial charge on any atom is -0.308 e. The van der Waals surface area contributed by atoms with Crippen LogP contribution in [0.25, 0.3) is 0 Å². The Labute approximate surface area is 130 Å². The van der Waals surface area contributed by atoms with E-state index in [2.05, 4.69) is 63.3 Å². The van der Waals surface area contributed by atoms with E-state index in [4.69, 9.17) is 0 Å². The fourth-order valence-electron chi connectivity index (χ4n) is 3.42. The highest BCUT2D eigenvalue weighted by Crippen LogP contribution is 2.35. The van der Waals surface area contributed by atoms with Crippen molar-refractivity contribution in [1.82, 2.24) is 15.1 Å². The van der Waals surface area contributed by atoms with Crippen LogP contribution in [0.2, 0.25) is 0 Å². The van der Waals surface area contributed by atoms with E-state index in [9.17, 15) is 0 Å². The number of benzene rings is 1. The molecule has 3 nitrogen and oxygen atoms in total. The molecule has 1 aromatic carbocycles. The van der Waals surface area contributed by atoms with E-state index in [1.54, 1.807) is 0 Å². The van der Waals surface area contributed by atoms with Crippen molar-refractivity contribution in [3.8, 4) is 0 Å². The van der Waals surface area contributed by atoms with Crippen LogP contribution in [-0.2, 0) is 6.42 Å². The predicted octanol–water partition coefficient (Wildman–Crippen LogP) is 2.27. The summed E-state index contributed by atoms with van der Waals surface area (Å²) in [7, 11) is 4.47. The van der Waals surface area contributed by atoms with Crippen molar-refractivity contribution in [2.45, 2.75) is 24.9 Å². The summed E-state index contributed by atoms with van der Waals surface area (Å²) in [6.07, 6.45) is 2.42. The van der Waals surface area contributed by atoms with Gasteiger partial charge in [0.15, 0.2) is 0 Å². The molecule has 0 amide bonds. The Morgan fingerprint density at radius 1 is 1.30 bits per heavy atom. The maximum absolute atomic E-state index is 3.80. The van der Waals surface area contributed by atoms with Crippen LogP contribution < -0.4 is 5.32 Å². The number of likely N-dealkylation sites (N-methyl/N-ethyl adjacent to an activating group) is 2. The van der Waals surface area contributed by atoms with E-state index in [1.165, 1.54) is 48.1 Å². The zero-order valence-corrected chi connectivity index (χ0v) is 14.0. The first-order valence-electron chi connectivity index (χ1n) is 7.54. The maximum atomic E-state index is 3.80. The Morgan fingerprint density at radius 3 is 3.00 bits per heavy atom. The van der Waals surface area contributed by atoms with Crippen molar-refractivity contribution in [3.63, 3.8) is 0 Å². The predicted molar refractivity (Wildman–Crippen MR) is 87.1 cm³/mol. The number of nitrogens with zero attached hydrogens (tertiary/aromatic N) is 2. The van der Waals surface area contributed by atoms with Crippen molar-refractivity contribution < 1.29 is 0 Å². The van der Waals surface area contributed by atoms with Crippen LogP contribution >= 0.6 is 15.9 Å². The number of hydrogen-bond donors (Lipinski definition) is 1. The van der Waals surface area contributed by atoms with E-state index in [0.29, 0.717) is 12.1 Å². The highest BCUT2D eigenvalue weighted by molar-refractivity contribution is 9.10. The average molecular weight is 338 g/mol. The van der Waals surface area contributed by atoms with E-state index >= 15 is 0 Å². The van der Waals surface area contributed by atoms with Crippen LogP contribution in [0.4, 0.5) is 0 Å². The van der Waals surface area contributed by atoms with Crippen LogP contribution in [0.1, 0.15) is 23.6 Å². The molecule has 1 aromatic rings. The van der Waals surface area contributed by atoms with Crippen LogP contribution in [-0.4, -0.2) is 56.1 Å². The zero-order valence-electron chi connectivity index (χ0n) is 12.4. The topological polar surface area (TPSA) is 18.5 Å². The van der Waals surface area contributed by atoms with Crippen LogP contribution in [0.5, 0.6) is 0 Å². The van der Waals surface area contributed by atoms with Gasteiger partial charge in [-0.2, -0.15) is 0 Å². The molecule has 2 aliphatic rings. The number of halogens is 1. The molecule has 110 valence electrons. The molecule has 20 heavy (non-hydrogen) atoms. The van der Waals surface area contributed by atoms with Gasteiger partial charge < -0.3 is 10.2 Å². The van der Waals surface area contributed by atoms with Gasteiger partial charge in [0, 0.05) is 42.7 Å². The van der Waals surface area contributed by atoms with E-state index < -0.39 is 0 Å². The summed E-state index contributed by atoms with van der Waals surface area (Å²) < 4.78 is 1.27. The van der Waals surface area contributed by atoms with E-state index in [1.807, 2.05) is 0 Å². The van der Waals surface area contributed by atoms with Gasteiger partial charge >= 0.3 is 0 Å². The fourth-order valence-corrected chi connectivity index (χ4v) is 4.00. The third kappa shape index (κ3) is 2.93. The number of fused-ring (bicyclic) bond motifs is 1. The molecule has 0 aromatic heterocycles. The third-order valence-corrected chi connectivity index (χ3v) is 5.54. The van der Waals surface area contributed by atoms with Gasteiger partial charge in [-0.3, -0.25) is 4.90 Å². The molecule has 3 rings (SSSR count). The summed E-state index contributed by atoms with van der Waals surface area (Å²) in [5.41, 5.74) is 2.99. The van der Waals surface area contributed by atoms with Gasteiger partial charge in [0.1, 0.15) is 0 Å². The first kappa shape index (κ1) is 14.5. The molecule has 0 spiro atoms. The second-order valence-electron chi connectivity index (χ2n) is 6.20. The first-order valence-corrected chi connectivity index (χ1v) is 8.34. The van der Waals surface area contributed by atoms with Gasteiger partial charge in [0.05, 0.1) is 0 Å². The highest BCUT2D eigenvalue weighted by Gasteiger charge is 2.26. The van der Waals surface area contributed by atoms with Crippen molar-refractivity contribution in [1.29, 1.82) is 0 Å². The third-order valence-electron chi connectivity index (χ3n) is 4.79. The summed E-state index contributed by atoms with van der Waals surface area (Å²) in [6.45, 7) is 4.61. The Kier molecular flexibility index (Phi) is 4.46. The number of nitrogens with one attached hydrogen (secondary N) is 1. The van der Waals surface area contributed by atoms with Gasteiger partial charge in [-0.05, 0) is 44.1 Å². The summed E-state index contributed by atoms with van der Waals surface area (Å²) in [4.78, 5) is 4.93. The van der Waals surface area contributed by atoms with Crippen LogP contribution in [0.15, 0.2) is 22.7 Å². The minimum atomic E-state index is 0.531. The summed E-state index contributed by atoms with van der Waals surface area (Å²) in [5, 5.41) is 3.80. The monoisotopic (exact) mass is 337 g/mol. The van der Waals surface area contributed by atoms with Crippen molar-refractivity contribution >= 4 is 15.9 Å². The molecule has 1 saturated heterocycles. The van der Waals surface area contributed by atoms with E-state index in [-0.39, 0.29) is 0 Å². The molecule has 1 fully saturated rings. The molecule has 4 heteroatoms. The lowest BCUT2D eigenvalue weighted by Crippen LogP contribution is -2.54. The first-order chi connectivity index (χ1) is 9.65. The molecule has 0 bridgehead atoms. The summed E-state index contributed by atoms with van der Waals surface area (Å²) >= 11 is 3.68. The quantitative estimate of drug-likeness (QED) is 0.912. The number of rotatable bonds is 3. The Hall–Kier alpha value is -0.420. The molecule has 0 saturated carbocycles. The molecule has 1 N–H and O–H groups in total. The molecule has 1 heterocycles. The van der Waals surface area contributed by atoms with E-state index in [0.717, 1.165) is 6.54 Å². The maximum Gasteiger partial charge on any atom is 0.0345 e. The largest absolute Gasteiger partial charge is 0.308 e. The standard InChI is InChI=1S/C16H24BrN3/c1-19-8-9-20(2)12(11-19)10-18-16-7-6-13-14(16)4-3-5-15(13)17/h3-5,12,16,18H,6-11H2,1-2H3. The number of piperazine rings is 1. The molecule has 2 atom stereocenters. The normalized spacial score (nSPS) is 27.8. The van der Waals surface area contributed by atoms with Gasteiger partial charge in [-0.15, -0.1) is 0 Å². The highest BCUT2D eigenvalue weighted by atomic mass is 79.9. The SMILES string of the molecule is CN1CCN(C)C(CNC2CCc3c(Br)cccc32)C1. The van der Waals surface area contributed by atoms with Crippen molar-refractivity contribution in [2.24, 2.45) is 0 Å². The van der Waals surface area contributed by atoms with Gasteiger partial charge in [0.2, 0.25) is 0 Å². The van der Waals surface area contributed by atoms with Gasteiger partial charge in [-0.25, -0.2) is 0 Å². The Bertz CT molecular complexity index is 477. The minimum absolute atomic E-state index is 0.531. The van der Waals surface area contributed by atoms with Crippen LogP contribution in [0, 0.1) is 0 Å². The lowest BCUT2D eigenvalue weighted by atomic mass is 10.1. The summed E-state index contributed by atoms with van der Waals surface area (Å²) in [6, 6.07) is 7.75. The molecular weight excluding hydrogens is 314 g/mol. The molecule has 1 aliphatic carbocycles. The van der Waals surface area contributed by atoms with Crippen LogP contribution in [0.3, 0.4) is 0 Å². The summed E-state index contributed by atoms with van der Waals surface area (Å²) in [5.74, 6) is 0. The fraction of sp³-hybridized carbons (Fsp3) is 0.625. The second-order valence-corrected chi connectivity index (χ2v) is 7.06. The molecule has 2 unspecified atom stereocenters. The zero-order chi connectivity index (χ0) is 14.1. The Balaban J connectivity index is 1.62. The lowest BCUT2D eigenvalue weighted by molar-refractivity contribution is 0.111. The lowest BCUT2D eigenvalue weighted by Gasteiger charge is -2.38. The molecule has 1 aliphatic heterocycles. The van der Waals surface area contributed by atoms with Crippen molar-refractivity contribution in [3.05, 3.63) is 33.8 Å². The average Bonchev–Trinajstić information content (AvgIpc) is 2.85. The Morgan fingerprint density at radius 2 is 2.15 bits per heavy atom. The number of hydrogen-bond acceptors (Lipinski definition) is 3. The van der Waals surface area contributed by atoms with Gasteiger partial charge in [0.25, 0.3) is 0 Å². The van der Waals surface area contributed by atoms with Gasteiger partial charge in [-0.1, -0.05) is 28.1 Å². The van der Waals surface area contributed by atoms with Crippen molar-refractivity contribution in [2.75, 3.05) is 40.3 Å². The second kappa shape index (κ2) is 6.14. The molecule has 0 radical (unpaired) electrons. The molecular formula is C16H24BrN3. The smallest absolute Gasteiger partial charge is 0.0345 e.